The molecule has 3 aromatic rings. The first-order chi connectivity index (χ1) is 11.8. The van der Waals surface area contributed by atoms with Gasteiger partial charge in [0.1, 0.15) is 0 Å². The molecule has 0 unspecified atom stereocenters. The second-order valence-corrected chi connectivity index (χ2v) is 7.73. The van der Waals surface area contributed by atoms with Gasteiger partial charge < -0.3 is 0 Å². The molecule has 0 aliphatic rings. The lowest BCUT2D eigenvalue weighted by atomic mass is 10.2. The number of rotatable bonds is 4. The van der Waals surface area contributed by atoms with E-state index in [0.29, 0.717) is 0 Å². The Labute approximate surface area is 146 Å². The summed E-state index contributed by atoms with van der Waals surface area (Å²) in [6.07, 6.45) is -4.75. The molecule has 8 heteroatoms. The topological polar surface area (TPSA) is 46.2 Å². The first kappa shape index (κ1) is 17.5. The van der Waals surface area contributed by atoms with E-state index >= 15 is 0 Å². The van der Waals surface area contributed by atoms with Crippen molar-refractivity contribution in [3.63, 3.8) is 0 Å². The van der Waals surface area contributed by atoms with Gasteiger partial charge >= 0.3 is 6.18 Å². The fourth-order valence-corrected chi connectivity index (χ4v) is 4.48. The van der Waals surface area contributed by atoms with E-state index < -0.39 is 26.7 Å². The van der Waals surface area contributed by atoms with Gasteiger partial charge in [0.05, 0.1) is 16.1 Å². The summed E-state index contributed by atoms with van der Waals surface area (Å²) in [5, 5.41) is 1.55. The van der Waals surface area contributed by atoms with Crippen molar-refractivity contribution in [1.82, 2.24) is 0 Å². The van der Waals surface area contributed by atoms with Gasteiger partial charge in [-0.15, -0.1) is 11.3 Å². The molecular weight excluding hydrogens is 371 g/mol. The van der Waals surface area contributed by atoms with Crippen LogP contribution in [0, 0.1) is 0 Å². The zero-order valence-corrected chi connectivity index (χ0v) is 14.3. The lowest BCUT2D eigenvalue weighted by molar-refractivity contribution is -0.139. The molecular formula is C17H12F3NO2S2. The van der Waals surface area contributed by atoms with Gasteiger partial charge in [0.25, 0.3) is 10.0 Å². The number of benzene rings is 2. The quantitative estimate of drug-likeness (QED) is 0.670. The Morgan fingerprint density at radius 1 is 0.920 bits per heavy atom. The van der Waals surface area contributed by atoms with Crippen LogP contribution in [0.3, 0.4) is 0 Å². The van der Waals surface area contributed by atoms with Crippen molar-refractivity contribution in [3.8, 4) is 10.4 Å². The number of hydrogen-bond acceptors (Lipinski definition) is 3. The molecule has 3 nitrogen and oxygen atoms in total. The van der Waals surface area contributed by atoms with Crippen LogP contribution in [-0.2, 0) is 16.2 Å². The zero-order valence-electron chi connectivity index (χ0n) is 12.6. The molecule has 0 atom stereocenters. The van der Waals surface area contributed by atoms with E-state index in [2.05, 4.69) is 4.72 Å². The van der Waals surface area contributed by atoms with Crippen LogP contribution in [0.15, 0.2) is 70.9 Å². The molecule has 1 heterocycles. The second kappa shape index (κ2) is 6.53. The van der Waals surface area contributed by atoms with E-state index in [1.807, 2.05) is 30.3 Å². The van der Waals surface area contributed by atoms with Crippen molar-refractivity contribution in [2.24, 2.45) is 0 Å². The summed E-state index contributed by atoms with van der Waals surface area (Å²) in [5.41, 5.74) is -0.0736. The number of halogens is 3. The molecule has 0 amide bonds. The fourth-order valence-electron chi connectivity index (χ4n) is 2.29. The molecule has 0 aliphatic carbocycles. The maximum Gasteiger partial charge on any atom is 0.417 e. The van der Waals surface area contributed by atoms with Crippen LogP contribution in [0.5, 0.6) is 0 Å². The van der Waals surface area contributed by atoms with Crippen LogP contribution in [-0.4, -0.2) is 8.42 Å². The molecule has 3 rings (SSSR count). The minimum Gasteiger partial charge on any atom is -0.279 e. The van der Waals surface area contributed by atoms with E-state index in [0.717, 1.165) is 28.6 Å². The first-order valence-electron chi connectivity index (χ1n) is 7.10. The Balaban J connectivity index is 1.93. The molecule has 0 fully saturated rings. The number of alkyl halides is 3. The Bertz CT molecular complexity index is 980. The highest BCUT2D eigenvalue weighted by atomic mass is 32.2. The lowest BCUT2D eigenvalue weighted by Gasteiger charge is -2.13. The predicted molar refractivity (Wildman–Crippen MR) is 92.0 cm³/mol. The zero-order chi connectivity index (χ0) is 18.1. The number of sulfonamides is 1. The van der Waals surface area contributed by atoms with Crippen molar-refractivity contribution < 1.29 is 21.6 Å². The third-order valence-electron chi connectivity index (χ3n) is 3.39. The maximum atomic E-state index is 13.1. The predicted octanol–water partition coefficient (Wildman–Crippen LogP) is 5.23. The molecule has 2 aromatic carbocycles. The summed E-state index contributed by atoms with van der Waals surface area (Å²) in [6.45, 7) is 0. The highest BCUT2D eigenvalue weighted by Crippen LogP contribution is 2.35. The van der Waals surface area contributed by atoms with Crippen LogP contribution in [0.1, 0.15) is 5.56 Å². The number of hydrogen-bond donors (Lipinski definition) is 1. The molecule has 0 radical (unpaired) electrons. The summed E-state index contributed by atoms with van der Waals surface area (Å²) in [5.74, 6) is 0. The van der Waals surface area contributed by atoms with E-state index in [-0.39, 0.29) is 5.69 Å². The van der Waals surface area contributed by atoms with E-state index in [1.165, 1.54) is 17.4 Å². The van der Waals surface area contributed by atoms with Crippen molar-refractivity contribution >= 4 is 27.0 Å². The monoisotopic (exact) mass is 383 g/mol. The van der Waals surface area contributed by atoms with Gasteiger partial charge in [-0.1, -0.05) is 42.5 Å². The van der Waals surface area contributed by atoms with Gasteiger partial charge in [-0.05, 0) is 23.8 Å². The molecule has 0 saturated heterocycles. The van der Waals surface area contributed by atoms with Crippen molar-refractivity contribution in [2.75, 3.05) is 4.72 Å². The van der Waals surface area contributed by atoms with Crippen molar-refractivity contribution in [2.45, 2.75) is 11.1 Å². The molecule has 0 bridgehead atoms. The van der Waals surface area contributed by atoms with Crippen LogP contribution in [0.4, 0.5) is 18.9 Å². The normalized spacial score (nSPS) is 12.1. The minimum atomic E-state index is -4.75. The molecule has 0 saturated carbocycles. The summed E-state index contributed by atoms with van der Waals surface area (Å²) in [7, 11) is -4.36. The fraction of sp³-hybridized carbons (Fsp3) is 0.0588. The van der Waals surface area contributed by atoms with Gasteiger partial charge in [-0.3, -0.25) is 4.72 Å². The summed E-state index contributed by atoms with van der Waals surface area (Å²) < 4.78 is 66.2. The van der Waals surface area contributed by atoms with Crippen molar-refractivity contribution in [3.05, 3.63) is 71.6 Å². The highest BCUT2D eigenvalue weighted by Gasteiger charge is 2.36. The SMILES string of the molecule is O=S(=O)(Nc1csc(-c2ccccc2)c1)c1ccccc1C(F)(F)F. The van der Waals surface area contributed by atoms with Gasteiger partial charge in [0, 0.05) is 10.3 Å². The van der Waals surface area contributed by atoms with Crippen LogP contribution in [0.25, 0.3) is 10.4 Å². The molecule has 130 valence electrons. The van der Waals surface area contributed by atoms with Gasteiger partial charge in [-0.25, -0.2) is 8.42 Å². The third-order valence-corrected chi connectivity index (χ3v) is 5.81. The molecule has 25 heavy (non-hydrogen) atoms. The first-order valence-corrected chi connectivity index (χ1v) is 9.47. The Kier molecular flexibility index (Phi) is 4.57. The standard InChI is InChI=1S/C17H12F3NO2S2/c18-17(19,20)14-8-4-5-9-16(14)25(22,23)21-13-10-15(24-11-13)12-6-2-1-3-7-12/h1-11,21H. The summed E-state index contributed by atoms with van der Waals surface area (Å²) in [6, 6.07) is 15.0. The smallest absolute Gasteiger partial charge is 0.279 e. The van der Waals surface area contributed by atoms with Crippen LogP contribution >= 0.6 is 11.3 Å². The average Bonchev–Trinajstić information content (AvgIpc) is 3.03. The third kappa shape index (κ3) is 3.85. The average molecular weight is 383 g/mol. The van der Waals surface area contributed by atoms with E-state index in [9.17, 15) is 21.6 Å². The van der Waals surface area contributed by atoms with Crippen LogP contribution < -0.4 is 4.72 Å². The molecule has 0 aliphatic heterocycles. The van der Waals surface area contributed by atoms with Gasteiger partial charge in [0.15, 0.2) is 0 Å². The van der Waals surface area contributed by atoms with Crippen LogP contribution in [0.2, 0.25) is 0 Å². The minimum absolute atomic E-state index is 0.223. The number of anilines is 1. The Morgan fingerprint density at radius 2 is 1.56 bits per heavy atom. The largest absolute Gasteiger partial charge is 0.417 e. The molecule has 1 N–H and O–H groups in total. The number of thiophene rings is 1. The summed E-state index contributed by atoms with van der Waals surface area (Å²) >= 11 is 1.30. The van der Waals surface area contributed by atoms with E-state index in [4.69, 9.17) is 0 Å². The van der Waals surface area contributed by atoms with Gasteiger partial charge in [0.2, 0.25) is 0 Å². The maximum absolute atomic E-state index is 13.1. The molecule has 1 aromatic heterocycles. The van der Waals surface area contributed by atoms with Gasteiger partial charge in [-0.2, -0.15) is 13.2 Å². The van der Waals surface area contributed by atoms with E-state index in [1.54, 1.807) is 11.4 Å². The highest BCUT2D eigenvalue weighted by molar-refractivity contribution is 7.92. The second-order valence-electron chi connectivity index (χ2n) is 5.17. The lowest BCUT2D eigenvalue weighted by Crippen LogP contribution is -2.18. The molecule has 0 spiro atoms. The summed E-state index contributed by atoms with van der Waals surface area (Å²) in [4.78, 5) is 0.0115. The Hall–Kier alpha value is -2.32. The number of nitrogens with one attached hydrogen (secondary N) is 1. The Morgan fingerprint density at radius 3 is 2.24 bits per heavy atom. The van der Waals surface area contributed by atoms with Crippen molar-refractivity contribution in [1.29, 1.82) is 0 Å².